The van der Waals surface area contributed by atoms with Crippen molar-refractivity contribution < 1.29 is 9.53 Å². The second kappa shape index (κ2) is 5.53. The number of hydrogen-bond donors (Lipinski definition) is 0. The molecule has 92 valence electrons. The van der Waals surface area contributed by atoms with Crippen LogP contribution in [0.1, 0.15) is 20.8 Å². The Hall–Kier alpha value is -1.77. The zero-order valence-electron chi connectivity index (χ0n) is 10.6. The van der Waals surface area contributed by atoms with E-state index in [0.29, 0.717) is 12.3 Å². The van der Waals surface area contributed by atoms with Crippen molar-refractivity contribution >= 4 is 6.09 Å². The molecule has 0 saturated carbocycles. The van der Waals surface area contributed by atoms with Crippen LogP contribution in [-0.2, 0) is 0 Å². The van der Waals surface area contributed by atoms with E-state index in [2.05, 4.69) is 6.58 Å². The van der Waals surface area contributed by atoms with Gasteiger partial charge in [0.15, 0.2) is 0 Å². The first kappa shape index (κ1) is 13.3. The third kappa shape index (κ3) is 3.94. The van der Waals surface area contributed by atoms with E-state index in [1.165, 1.54) is 0 Å². The summed E-state index contributed by atoms with van der Waals surface area (Å²) in [6.45, 7) is 10.0. The van der Waals surface area contributed by atoms with Gasteiger partial charge in [0.1, 0.15) is 5.75 Å². The van der Waals surface area contributed by atoms with Gasteiger partial charge in [-0.15, -0.1) is 6.58 Å². The maximum absolute atomic E-state index is 12.0. The van der Waals surface area contributed by atoms with Gasteiger partial charge in [0, 0.05) is 12.1 Å². The molecule has 0 unspecified atom stereocenters. The summed E-state index contributed by atoms with van der Waals surface area (Å²) in [6, 6.07) is 9.05. The molecule has 0 aliphatic rings. The van der Waals surface area contributed by atoms with E-state index in [1.54, 1.807) is 23.1 Å². The van der Waals surface area contributed by atoms with Gasteiger partial charge in [-0.2, -0.15) is 0 Å². The predicted octanol–water partition coefficient (Wildman–Crippen LogP) is 3.47. The number of rotatable bonds is 3. The Morgan fingerprint density at radius 3 is 2.41 bits per heavy atom. The molecule has 0 bridgehead atoms. The fourth-order valence-electron chi connectivity index (χ4n) is 1.40. The topological polar surface area (TPSA) is 29.5 Å². The summed E-state index contributed by atoms with van der Waals surface area (Å²) in [7, 11) is 0. The maximum atomic E-state index is 12.0. The first-order valence-corrected chi connectivity index (χ1v) is 5.60. The lowest BCUT2D eigenvalue weighted by molar-refractivity contribution is 0.115. The first-order chi connectivity index (χ1) is 7.95. The van der Waals surface area contributed by atoms with Crippen molar-refractivity contribution in [2.24, 2.45) is 0 Å². The highest BCUT2D eigenvalue weighted by Crippen LogP contribution is 2.17. The van der Waals surface area contributed by atoms with Crippen molar-refractivity contribution in [3.05, 3.63) is 43.0 Å². The summed E-state index contributed by atoms with van der Waals surface area (Å²) in [5, 5.41) is 0. The molecule has 0 saturated heterocycles. The number of ether oxygens (including phenoxy) is 1. The molecule has 0 aliphatic heterocycles. The maximum Gasteiger partial charge on any atom is 0.415 e. The lowest BCUT2D eigenvalue weighted by Crippen LogP contribution is -2.47. The molecule has 1 rings (SSSR count). The molecule has 0 aliphatic carbocycles. The molecule has 0 N–H and O–H groups in total. The Labute approximate surface area is 103 Å². The molecule has 0 aromatic heterocycles. The minimum Gasteiger partial charge on any atom is -0.410 e. The van der Waals surface area contributed by atoms with Crippen LogP contribution in [0.15, 0.2) is 43.0 Å². The van der Waals surface area contributed by atoms with E-state index in [4.69, 9.17) is 4.74 Å². The molecule has 0 spiro atoms. The number of carbonyl (C=O) groups is 1. The lowest BCUT2D eigenvalue weighted by Gasteiger charge is -2.33. The molecular formula is C14H19NO2. The monoisotopic (exact) mass is 233 g/mol. The second-order valence-corrected chi connectivity index (χ2v) is 4.75. The fraction of sp³-hybridized carbons (Fsp3) is 0.357. The fourth-order valence-corrected chi connectivity index (χ4v) is 1.40. The van der Waals surface area contributed by atoms with Crippen LogP contribution < -0.4 is 4.74 Å². The van der Waals surface area contributed by atoms with Crippen LogP contribution in [0.25, 0.3) is 0 Å². The SMILES string of the molecule is C=CCN(C(=O)Oc1ccccc1)C(C)(C)C. The van der Waals surface area contributed by atoms with Crippen molar-refractivity contribution in [1.82, 2.24) is 4.90 Å². The van der Waals surface area contributed by atoms with Crippen molar-refractivity contribution in [2.45, 2.75) is 26.3 Å². The normalized spacial score (nSPS) is 10.8. The smallest absolute Gasteiger partial charge is 0.410 e. The van der Waals surface area contributed by atoms with Crippen LogP contribution in [0.2, 0.25) is 0 Å². The highest BCUT2D eigenvalue weighted by Gasteiger charge is 2.26. The van der Waals surface area contributed by atoms with Gasteiger partial charge in [0.25, 0.3) is 0 Å². The summed E-state index contributed by atoms with van der Waals surface area (Å²) >= 11 is 0. The van der Waals surface area contributed by atoms with Crippen molar-refractivity contribution in [1.29, 1.82) is 0 Å². The molecular weight excluding hydrogens is 214 g/mol. The number of para-hydroxylation sites is 1. The number of nitrogens with zero attached hydrogens (tertiary/aromatic N) is 1. The number of benzene rings is 1. The quantitative estimate of drug-likeness (QED) is 0.748. The van der Waals surface area contributed by atoms with E-state index in [-0.39, 0.29) is 11.6 Å². The summed E-state index contributed by atoms with van der Waals surface area (Å²) in [5.74, 6) is 0.552. The Bertz CT molecular complexity index is 379. The van der Waals surface area contributed by atoms with Gasteiger partial charge in [-0.05, 0) is 32.9 Å². The predicted molar refractivity (Wildman–Crippen MR) is 69.1 cm³/mol. The minimum atomic E-state index is -0.358. The van der Waals surface area contributed by atoms with Gasteiger partial charge < -0.3 is 4.74 Å². The Morgan fingerprint density at radius 1 is 1.35 bits per heavy atom. The molecule has 0 heterocycles. The van der Waals surface area contributed by atoms with E-state index in [0.717, 1.165) is 0 Å². The Kier molecular flexibility index (Phi) is 4.32. The van der Waals surface area contributed by atoms with Crippen LogP contribution in [0.5, 0.6) is 5.75 Å². The molecule has 3 nitrogen and oxygen atoms in total. The van der Waals surface area contributed by atoms with Gasteiger partial charge in [0.2, 0.25) is 0 Å². The van der Waals surface area contributed by atoms with Gasteiger partial charge in [-0.1, -0.05) is 24.3 Å². The van der Waals surface area contributed by atoms with Crippen molar-refractivity contribution in [3.8, 4) is 5.75 Å². The molecule has 0 fully saturated rings. The number of amides is 1. The average molecular weight is 233 g/mol. The highest BCUT2D eigenvalue weighted by atomic mass is 16.6. The summed E-state index contributed by atoms with van der Waals surface area (Å²) in [4.78, 5) is 13.6. The second-order valence-electron chi connectivity index (χ2n) is 4.75. The molecule has 1 aromatic rings. The first-order valence-electron chi connectivity index (χ1n) is 5.60. The largest absolute Gasteiger partial charge is 0.415 e. The Balaban J connectivity index is 2.76. The van der Waals surface area contributed by atoms with Crippen LogP contribution in [-0.4, -0.2) is 23.1 Å². The standard InChI is InChI=1S/C14H19NO2/c1-5-11-15(14(2,3)4)13(16)17-12-9-7-6-8-10-12/h5-10H,1,11H2,2-4H3. The van der Waals surface area contributed by atoms with Gasteiger partial charge in [0.05, 0.1) is 0 Å². The van der Waals surface area contributed by atoms with Crippen LogP contribution in [0, 0.1) is 0 Å². The third-order valence-corrected chi connectivity index (χ3v) is 2.29. The number of carbonyl (C=O) groups excluding carboxylic acids is 1. The summed E-state index contributed by atoms with van der Waals surface area (Å²) in [6.07, 6.45) is 1.33. The van der Waals surface area contributed by atoms with Gasteiger partial charge in [-0.25, -0.2) is 4.79 Å². The molecule has 0 atom stereocenters. The van der Waals surface area contributed by atoms with E-state index in [9.17, 15) is 4.79 Å². The highest BCUT2D eigenvalue weighted by molar-refractivity contribution is 5.71. The van der Waals surface area contributed by atoms with Crippen LogP contribution in [0.3, 0.4) is 0 Å². The van der Waals surface area contributed by atoms with Crippen LogP contribution in [0.4, 0.5) is 4.79 Å². The molecule has 1 aromatic carbocycles. The van der Waals surface area contributed by atoms with E-state index >= 15 is 0 Å². The van der Waals surface area contributed by atoms with Crippen molar-refractivity contribution in [2.75, 3.05) is 6.54 Å². The molecule has 1 amide bonds. The van der Waals surface area contributed by atoms with Gasteiger partial charge >= 0.3 is 6.09 Å². The number of hydrogen-bond acceptors (Lipinski definition) is 2. The Morgan fingerprint density at radius 2 is 1.94 bits per heavy atom. The average Bonchev–Trinajstić information content (AvgIpc) is 2.25. The molecule has 3 heteroatoms. The van der Waals surface area contributed by atoms with E-state index in [1.807, 2.05) is 39.0 Å². The molecule has 0 radical (unpaired) electrons. The van der Waals surface area contributed by atoms with Crippen molar-refractivity contribution in [3.63, 3.8) is 0 Å². The lowest BCUT2D eigenvalue weighted by atomic mass is 10.1. The minimum absolute atomic E-state index is 0.292. The van der Waals surface area contributed by atoms with Gasteiger partial charge in [-0.3, -0.25) is 4.90 Å². The van der Waals surface area contributed by atoms with E-state index < -0.39 is 0 Å². The third-order valence-electron chi connectivity index (χ3n) is 2.29. The van der Waals surface area contributed by atoms with Crippen LogP contribution >= 0.6 is 0 Å². The summed E-state index contributed by atoms with van der Waals surface area (Å²) < 4.78 is 5.29. The zero-order valence-corrected chi connectivity index (χ0v) is 10.6. The zero-order chi connectivity index (χ0) is 12.9. The summed E-state index contributed by atoms with van der Waals surface area (Å²) in [5.41, 5.74) is -0.292. The molecule has 17 heavy (non-hydrogen) atoms.